The SMILES string of the molecule is C=C1C=CCCC1.CC. The molecule has 0 radical (unpaired) electrons. The second-order valence-corrected chi connectivity index (χ2v) is 1.95. The largest absolute Gasteiger partial charge is 0.0958 e. The first-order chi connectivity index (χ1) is 4.39. The smallest absolute Gasteiger partial charge is 0.0282 e. The summed E-state index contributed by atoms with van der Waals surface area (Å²) in [5.74, 6) is 0. The summed E-state index contributed by atoms with van der Waals surface area (Å²) >= 11 is 0. The van der Waals surface area contributed by atoms with Crippen LogP contribution in [0.2, 0.25) is 0 Å². The molecule has 1 aliphatic rings. The lowest BCUT2D eigenvalue weighted by Crippen LogP contribution is -1.82. The Morgan fingerprint density at radius 1 is 1.44 bits per heavy atom. The highest BCUT2D eigenvalue weighted by Crippen LogP contribution is 2.12. The molecular formula is C9H16. The Hall–Kier alpha value is -0.520. The van der Waals surface area contributed by atoms with Crippen molar-refractivity contribution in [2.45, 2.75) is 33.1 Å². The van der Waals surface area contributed by atoms with E-state index in [-0.39, 0.29) is 0 Å². The standard InChI is InChI=1S/C7H10.C2H6/c1-7-5-3-2-4-6-7;1-2/h3,5H,1-2,4,6H2;1-2H3. The molecule has 9 heavy (non-hydrogen) atoms. The normalized spacial score (nSPS) is 16.4. The number of hydrogen-bond donors (Lipinski definition) is 0. The molecule has 0 aromatic carbocycles. The van der Waals surface area contributed by atoms with Crippen molar-refractivity contribution >= 4 is 0 Å². The Kier molecular flexibility index (Phi) is 5.29. The minimum Gasteiger partial charge on any atom is -0.0958 e. The first-order valence-corrected chi connectivity index (χ1v) is 3.74. The molecular weight excluding hydrogens is 108 g/mol. The van der Waals surface area contributed by atoms with Gasteiger partial charge in [-0.15, -0.1) is 0 Å². The minimum atomic E-state index is 1.20. The van der Waals surface area contributed by atoms with Crippen LogP contribution in [0.25, 0.3) is 0 Å². The first kappa shape index (κ1) is 8.48. The topological polar surface area (TPSA) is 0 Å². The van der Waals surface area contributed by atoms with Crippen LogP contribution in [-0.2, 0) is 0 Å². The molecule has 0 unspecified atom stereocenters. The van der Waals surface area contributed by atoms with Crippen LogP contribution in [0.3, 0.4) is 0 Å². The van der Waals surface area contributed by atoms with Crippen LogP contribution < -0.4 is 0 Å². The average Bonchev–Trinajstić information content (AvgIpc) is 1.94. The van der Waals surface area contributed by atoms with Crippen molar-refractivity contribution in [3.8, 4) is 0 Å². The van der Waals surface area contributed by atoms with E-state index >= 15 is 0 Å². The van der Waals surface area contributed by atoms with Gasteiger partial charge in [0.15, 0.2) is 0 Å². The summed E-state index contributed by atoms with van der Waals surface area (Å²) in [4.78, 5) is 0. The fraction of sp³-hybridized carbons (Fsp3) is 0.556. The van der Waals surface area contributed by atoms with Gasteiger partial charge in [0.1, 0.15) is 0 Å². The molecule has 52 valence electrons. The predicted molar refractivity (Wildman–Crippen MR) is 43.5 cm³/mol. The molecule has 0 aromatic rings. The highest BCUT2D eigenvalue weighted by Gasteiger charge is 1.92. The third kappa shape index (κ3) is 4.01. The van der Waals surface area contributed by atoms with E-state index in [0.717, 1.165) is 0 Å². The summed E-state index contributed by atoms with van der Waals surface area (Å²) in [7, 11) is 0. The molecule has 0 heterocycles. The van der Waals surface area contributed by atoms with Gasteiger partial charge in [-0.2, -0.15) is 0 Å². The fourth-order valence-corrected chi connectivity index (χ4v) is 0.780. The molecule has 0 aliphatic heterocycles. The molecule has 1 aliphatic carbocycles. The van der Waals surface area contributed by atoms with Crippen LogP contribution in [0, 0.1) is 0 Å². The summed E-state index contributed by atoms with van der Waals surface area (Å²) in [6.45, 7) is 7.83. The molecule has 0 nitrogen and oxygen atoms in total. The van der Waals surface area contributed by atoms with Gasteiger partial charge < -0.3 is 0 Å². The van der Waals surface area contributed by atoms with Crippen LogP contribution in [0.4, 0.5) is 0 Å². The van der Waals surface area contributed by atoms with E-state index in [2.05, 4.69) is 18.7 Å². The van der Waals surface area contributed by atoms with Crippen LogP contribution in [0.15, 0.2) is 24.3 Å². The molecule has 0 heteroatoms. The van der Waals surface area contributed by atoms with Crippen LogP contribution >= 0.6 is 0 Å². The predicted octanol–water partition coefficient (Wildman–Crippen LogP) is 3.31. The van der Waals surface area contributed by atoms with Gasteiger partial charge >= 0.3 is 0 Å². The van der Waals surface area contributed by atoms with Gasteiger partial charge in [-0.1, -0.05) is 38.2 Å². The van der Waals surface area contributed by atoms with Gasteiger partial charge in [0.2, 0.25) is 0 Å². The highest BCUT2D eigenvalue weighted by molar-refractivity contribution is 5.16. The fourth-order valence-electron chi connectivity index (χ4n) is 0.780. The van der Waals surface area contributed by atoms with Crippen molar-refractivity contribution in [3.05, 3.63) is 24.3 Å². The molecule has 0 atom stereocenters. The van der Waals surface area contributed by atoms with Gasteiger partial charge in [-0.3, -0.25) is 0 Å². The molecule has 0 N–H and O–H groups in total. The van der Waals surface area contributed by atoms with E-state index in [4.69, 9.17) is 0 Å². The van der Waals surface area contributed by atoms with Crippen molar-refractivity contribution < 1.29 is 0 Å². The lowest BCUT2D eigenvalue weighted by atomic mass is 10.0. The molecule has 1 rings (SSSR count). The third-order valence-electron chi connectivity index (χ3n) is 1.22. The molecule has 0 amide bonds. The van der Waals surface area contributed by atoms with Crippen LogP contribution in [0.5, 0.6) is 0 Å². The van der Waals surface area contributed by atoms with Gasteiger partial charge in [0.25, 0.3) is 0 Å². The van der Waals surface area contributed by atoms with Gasteiger partial charge in [-0.05, 0) is 19.3 Å². The van der Waals surface area contributed by atoms with Crippen molar-refractivity contribution in [2.75, 3.05) is 0 Å². The highest BCUT2D eigenvalue weighted by atomic mass is 14.0. The maximum absolute atomic E-state index is 3.83. The maximum Gasteiger partial charge on any atom is -0.0282 e. The van der Waals surface area contributed by atoms with Crippen molar-refractivity contribution in [2.24, 2.45) is 0 Å². The van der Waals surface area contributed by atoms with E-state index in [0.29, 0.717) is 0 Å². The zero-order valence-corrected chi connectivity index (χ0v) is 6.48. The summed E-state index contributed by atoms with van der Waals surface area (Å²) in [5, 5.41) is 0. The summed E-state index contributed by atoms with van der Waals surface area (Å²) in [6.07, 6.45) is 8.06. The monoisotopic (exact) mass is 124 g/mol. The molecule has 0 bridgehead atoms. The molecule has 0 fully saturated rings. The van der Waals surface area contributed by atoms with Crippen molar-refractivity contribution in [3.63, 3.8) is 0 Å². The van der Waals surface area contributed by atoms with E-state index in [1.54, 1.807) is 0 Å². The Morgan fingerprint density at radius 2 is 2.11 bits per heavy atom. The van der Waals surface area contributed by atoms with E-state index in [1.807, 2.05) is 13.8 Å². The zero-order chi connectivity index (χ0) is 7.11. The lowest BCUT2D eigenvalue weighted by Gasteiger charge is -2.02. The third-order valence-corrected chi connectivity index (χ3v) is 1.22. The number of rotatable bonds is 0. The molecule has 0 spiro atoms. The zero-order valence-electron chi connectivity index (χ0n) is 6.48. The number of allylic oxidation sites excluding steroid dienone is 3. The average molecular weight is 124 g/mol. The van der Waals surface area contributed by atoms with E-state index in [1.165, 1.54) is 24.8 Å². The molecule has 0 saturated heterocycles. The minimum absolute atomic E-state index is 1.20. The Labute approximate surface area is 58.3 Å². The van der Waals surface area contributed by atoms with Crippen molar-refractivity contribution in [1.29, 1.82) is 0 Å². The van der Waals surface area contributed by atoms with Gasteiger partial charge in [0, 0.05) is 0 Å². The Morgan fingerprint density at radius 3 is 2.33 bits per heavy atom. The quantitative estimate of drug-likeness (QED) is 0.464. The van der Waals surface area contributed by atoms with Crippen LogP contribution in [-0.4, -0.2) is 0 Å². The van der Waals surface area contributed by atoms with Gasteiger partial charge in [0.05, 0.1) is 0 Å². The lowest BCUT2D eigenvalue weighted by molar-refractivity contribution is 0.823. The first-order valence-electron chi connectivity index (χ1n) is 3.74. The van der Waals surface area contributed by atoms with Crippen LogP contribution in [0.1, 0.15) is 33.1 Å². The summed E-state index contributed by atoms with van der Waals surface area (Å²) < 4.78 is 0. The molecule has 0 aromatic heterocycles. The second kappa shape index (κ2) is 5.61. The summed E-state index contributed by atoms with van der Waals surface area (Å²) in [5.41, 5.74) is 1.28. The Bertz CT molecular complexity index is 98.6. The van der Waals surface area contributed by atoms with Crippen molar-refractivity contribution in [1.82, 2.24) is 0 Å². The second-order valence-electron chi connectivity index (χ2n) is 1.95. The maximum atomic E-state index is 3.83. The molecule has 0 saturated carbocycles. The van der Waals surface area contributed by atoms with Gasteiger partial charge in [-0.25, -0.2) is 0 Å². The van der Waals surface area contributed by atoms with E-state index < -0.39 is 0 Å². The number of hydrogen-bond acceptors (Lipinski definition) is 0. The summed E-state index contributed by atoms with van der Waals surface area (Å²) in [6, 6.07) is 0. The Balaban J connectivity index is 0.000000291. The van der Waals surface area contributed by atoms with E-state index in [9.17, 15) is 0 Å².